The Morgan fingerprint density at radius 1 is 0.600 bits per heavy atom. The van der Waals surface area contributed by atoms with Gasteiger partial charge < -0.3 is 5.11 Å². The molecule has 1 nitrogen and oxygen atoms in total. The van der Waals surface area contributed by atoms with E-state index in [1.54, 1.807) is 0 Å². The standard InChI is InChI=1S/C29H36O/c1-27(2,3)21-26(28(4,5)6)22-17-19-25(20-18-22)29(30,23-13-9-7-10-14-23)24-15-11-8-12-16-24/h7-20,26,30H,21H2,1-6H3. The molecular formula is C29H36O. The molecule has 0 bridgehead atoms. The van der Waals surface area contributed by atoms with Crippen molar-refractivity contribution in [3.63, 3.8) is 0 Å². The lowest BCUT2D eigenvalue weighted by atomic mass is 9.69. The van der Waals surface area contributed by atoms with E-state index in [9.17, 15) is 5.11 Å². The van der Waals surface area contributed by atoms with Crippen LogP contribution in [0, 0.1) is 10.8 Å². The molecule has 0 aliphatic carbocycles. The summed E-state index contributed by atoms with van der Waals surface area (Å²) in [5, 5.41) is 12.0. The first-order chi connectivity index (χ1) is 14.0. The van der Waals surface area contributed by atoms with Gasteiger partial charge in [-0.2, -0.15) is 0 Å². The minimum atomic E-state index is -1.18. The van der Waals surface area contributed by atoms with E-state index < -0.39 is 5.60 Å². The Balaban J connectivity index is 2.07. The fraction of sp³-hybridized carbons (Fsp3) is 0.379. The lowest BCUT2D eigenvalue weighted by Crippen LogP contribution is -2.29. The van der Waals surface area contributed by atoms with E-state index in [0.29, 0.717) is 5.92 Å². The van der Waals surface area contributed by atoms with Crippen LogP contribution in [0.4, 0.5) is 0 Å². The largest absolute Gasteiger partial charge is 0.376 e. The van der Waals surface area contributed by atoms with E-state index in [4.69, 9.17) is 0 Å². The van der Waals surface area contributed by atoms with Crippen LogP contribution in [0.5, 0.6) is 0 Å². The first kappa shape index (κ1) is 22.3. The number of rotatable bonds is 5. The third-order valence-corrected chi connectivity index (χ3v) is 5.98. The molecule has 3 aromatic rings. The molecule has 3 aromatic carbocycles. The van der Waals surface area contributed by atoms with Crippen molar-refractivity contribution in [1.29, 1.82) is 0 Å². The zero-order valence-electron chi connectivity index (χ0n) is 19.3. The maximum absolute atomic E-state index is 12.0. The van der Waals surface area contributed by atoms with Crippen LogP contribution in [0.15, 0.2) is 84.9 Å². The Morgan fingerprint density at radius 2 is 1.00 bits per heavy atom. The summed E-state index contributed by atoms with van der Waals surface area (Å²) in [4.78, 5) is 0. The molecule has 1 unspecified atom stereocenters. The number of hydrogen-bond donors (Lipinski definition) is 1. The average Bonchev–Trinajstić information content (AvgIpc) is 2.71. The molecule has 1 heteroatoms. The minimum Gasteiger partial charge on any atom is -0.376 e. The predicted molar refractivity (Wildman–Crippen MR) is 128 cm³/mol. The van der Waals surface area contributed by atoms with Gasteiger partial charge in [-0.1, -0.05) is 126 Å². The van der Waals surface area contributed by atoms with Crippen molar-refractivity contribution >= 4 is 0 Å². The molecule has 30 heavy (non-hydrogen) atoms. The fourth-order valence-corrected chi connectivity index (χ4v) is 4.35. The van der Waals surface area contributed by atoms with Crippen molar-refractivity contribution in [1.82, 2.24) is 0 Å². The summed E-state index contributed by atoms with van der Waals surface area (Å²) in [6.07, 6.45) is 1.12. The summed E-state index contributed by atoms with van der Waals surface area (Å²) < 4.78 is 0. The van der Waals surface area contributed by atoms with E-state index in [1.807, 2.05) is 60.7 Å². The molecule has 158 valence electrons. The molecule has 0 amide bonds. The molecule has 0 radical (unpaired) electrons. The number of aliphatic hydroxyl groups is 1. The Bertz CT molecular complexity index is 886. The van der Waals surface area contributed by atoms with Gasteiger partial charge in [0.1, 0.15) is 5.60 Å². The Labute approximate surface area is 182 Å². The van der Waals surface area contributed by atoms with Crippen molar-refractivity contribution in [2.75, 3.05) is 0 Å². The molecule has 0 heterocycles. The Morgan fingerprint density at radius 3 is 1.37 bits per heavy atom. The highest BCUT2D eigenvalue weighted by Crippen LogP contribution is 2.44. The maximum Gasteiger partial charge on any atom is 0.140 e. The maximum atomic E-state index is 12.0. The molecule has 3 rings (SSSR count). The van der Waals surface area contributed by atoms with Crippen molar-refractivity contribution in [3.8, 4) is 0 Å². The molecule has 0 saturated carbocycles. The average molecular weight is 401 g/mol. The van der Waals surface area contributed by atoms with Crippen LogP contribution in [0.1, 0.15) is 76.1 Å². The van der Waals surface area contributed by atoms with Crippen LogP contribution in [-0.2, 0) is 5.60 Å². The van der Waals surface area contributed by atoms with Gasteiger partial charge in [0.2, 0.25) is 0 Å². The van der Waals surface area contributed by atoms with Gasteiger partial charge in [-0.25, -0.2) is 0 Å². The second kappa shape index (κ2) is 8.40. The van der Waals surface area contributed by atoms with Crippen LogP contribution in [0.3, 0.4) is 0 Å². The second-order valence-corrected chi connectivity index (χ2v) is 10.7. The monoisotopic (exact) mass is 400 g/mol. The molecule has 0 aliphatic heterocycles. The molecule has 0 aromatic heterocycles. The van der Waals surface area contributed by atoms with Gasteiger partial charge in [0.05, 0.1) is 0 Å². The molecule has 0 spiro atoms. The van der Waals surface area contributed by atoms with Crippen LogP contribution in [0.2, 0.25) is 0 Å². The quantitative estimate of drug-likeness (QED) is 0.439. The molecule has 0 aliphatic rings. The minimum absolute atomic E-state index is 0.171. The number of hydrogen-bond acceptors (Lipinski definition) is 1. The van der Waals surface area contributed by atoms with Gasteiger partial charge in [-0.05, 0) is 45.4 Å². The van der Waals surface area contributed by atoms with Crippen LogP contribution in [0.25, 0.3) is 0 Å². The summed E-state index contributed by atoms with van der Waals surface area (Å²) in [6, 6.07) is 28.5. The lowest BCUT2D eigenvalue weighted by Gasteiger charge is -2.36. The third kappa shape index (κ3) is 4.84. The van der Waals surface area contributed by atoms with E-state index in [0.717, 1.165) is 23.1 Å². The fourth-order valence-electron chi connectivity index (χ4n) is 4.35. The van der Waals surface area contributed by atoms with Gasteiger partial charge in [-0.3, -0.25) is 0 Å². The highest BCUT2D eigenvalue weighted by molar-refractivity contribution is 5.47. The van der Waals surface area contributed by atoms with E-state index in [-0.39, 0.29) is 10.8 Å². The zero-order chi connectivity index (χ0) is 22.0. The van der Waals surface area contributed by atoms with Gasteiger partial charge in [0.15, 0.2) is 0 Å². The van der Waals surface area contributed by atoms with E-state index in [2.05, 4.69) is 65.8 Å². The smallest absolute Gasteiger partial charge is 0.140 e. The highest BCUT2D eigenvalue weighted by atomic mass is 16.3. The second-order valence-electron chi connectivity index (χ2n) is 10.7. The molecule has 1 atom stereocenters. The molecular weight excluding hydrogens is 364 g/mol. The zero-order valence-corrected chi connectivity index (χ0v) is 19.3. The third-order valence-electron chi connectivity index (χ3n) is 5.98. The first-order valence-corrected chi connectivity index (χ1v) is 11.0. The van der Waals surface area contributed by atoms with Crippen molar-refractivity contribution in [3.05, 3.63) is 107 Å². The molecule has 0 fully saturated rings. The summed E-state index contributed by atoms with van der Waals surface area (Å²) in [5.74, 6) is 0.452. The van der Waals surface area contributed by atoms with Crippen molar-refractivity contribution < 1.29 is 5.11 Å². The Kier molecular flexibility index (Phi) is 6.24. The van der Waals surface area contributed by atoms with Gasteiger partial charge >= 0.3 is 0 Å². The lowest BCUT2D eigenvalue weighted by molar-refractivity contribution is 0.125. The molecule has 1 N–H and O–H groups in total. The van der Waals surface area contributed by atoms with Crippen molar-refractivity contribution in [2.45, 2.75) is 59.5 Å². The summed E-state index contributed by atoms with van der Waals surface area (Å²) in [5.41, 5.74) is 3.24. The highest BCUT2D eigenvalue weighted by Gasteiger charge is 2.35. The van der Waals surface area contributed by atoms with E-state index in [1.165, 1.54) is 5.56 Å². The van der Waals surface area contributed by atoms with Gasteiger partial charge in [0, 0.05) is 0 Å². The Hall–Kier alpha value is -2.38. The summed E-state index contributed by atoms with van der Waals surface area (Å²) in [7, 11) is 0. The van der Waals surface area contributed by atoms with Gasteiger partial charge in [0.25, 0.3) is 0 Å². The van der Waals surface area contributed by atoms with Crippen LogP contribution < -0.4 is 0 Å². The summed E-state index contributed by atoms with van der Waals surface area (Å²) >= 11 is 0. The molecule has 0 saturated heterocycles. The topological polar surface area (TPSA) is 20.2 Å². The van der Waals surface area contributed by atoms with Gasteiger partial charge in [-0.15, -0.1) is 0 Å². The van der Waals surface area contributed by atoms with Crippen LogP contribution in [-0.4, -0.2) is 5.11 Å². The van der Waals surface area contributed by atoms with E-state index >= 15 is 0 Å². The van der Waals surface area contributed by atoms with Crippen LogP contribution >= 0.6 is 0 Å². The SMILES string of the molecule is CC(C)(C)CC(c1ccc(C(O)(c2ccccc2)c2ccccc2)cc1)C(C)(C)C. The summed E-state index contributed by atoms with van der Waals surface area (Å²) in [6.45, 7) is 13.9. The number of benzene rings is 3. The van der Waals surface area contributed by atoms with Crippen molar-refractivity contribution in [2.24, 2.45) is 10.8 Å². The normalized spacial score (nSPS) is 13.8. The first-order valence-electron chi connectivity index (χ1n) is 11.0. The predicted octanol–water partition coefficient (Wildman–Crippen LogP) is 7.54.